The molecule has 104 valence electrons. The van der Waals surface area contributed by atoms with Crippen LogP contribution in [0.4, 0.5) is 5.95 Å². The van der Waals surface area contributed by atoms with Crippen molar-refractivity contribution in [2.75, 3.05) is 18.1 Å². The van der Waals surface area contributed by atoms with Gasteiger partial charge in [-0.2, -0.15) is 0 Å². The lowest BCUT2D eigenvalue weighted by molar-refractivity contribution is 0.0525. The van der Waals surface area contributed by atoms with Gasteiger partial charge in [0.2, 0.25) is 5.95 Å². The lowest BCUT2D eigenvalue weighted by Crippen LogP contribution is -2.30. The molecule has 0 radical (unpaired) electrons. The van der Waals surface area contributed by atoms with Crippen molar-refractivity contribution in [3.8, 4) is 0 Å². The minimum Gasteiger partial charge on any atom is -0.462 e. The van der Waals surface area contributed by atoms with Crippen molar-refractivity contribution in [1.29, 1.82) is 0 Å². The Morgan fingerprint density at radius 2 is 2.11 bits per heavy atom. The van der Waals surface area contributed by atoms with Crippen LogP contribution in [0.15, 0.2) is 12.4 Å². The molecule has 2 rings (SSSR count). The van der Waals surface area contributed by atoms with Crippen molar-refractivity contribution in [3.63, 3.8) is 0 Å². The summed E-state index contributed by atoms with van der Waals surface area (Å²) in [5.41, 5.74) is 0.408. The molecule has 5 heteroatoms. The first kappa shape index (κ1) is 13.8. The average molecular weight is 263 g/mol. The van der Waals surface area contributed by atoms with Gasteiger partial charge in [0.05, 0.1) is 12.2 Å². The van der Waals surface area contributed by atoms with Gasteiger partial charge >= 0.3 is 5.97 Å². The first-order valence-electron chi connectivity index (χ1n) is 6.91. The monoisotopic (exact) mass is 263 g/mol. The third-order valence-electron chi connectivity index (χ3n) is 3.50. The molecule has 1 fully saturated rings. The lowest BCUT2D eigenvalue weighted by atomic mass is 10.1. The van der Waals surface area contributed by atoms with Crippen LogP contribution in [0.5, 0.6) is 0 Å². The lowest BCUT2D eigenvalue weighted by Gasteiger charge is -2.23. The highest BCUT2D eigenvalue weighted by Crippen LogP contribution is 2.27. The van der Waals surface area contributed by atoms with E-state index >= 15 is 0 Å². The minimum absolute atomic E-state index is 0.363. The zero-order valence-electron chi connectivity index (χ0n) is 11.8. The predicted molar refractivity (Wildman–Crippen MR) is 73.2 cm³/mol. The fourth-order valence-corrected chi connectivity index (χ4v) is 2.57. The maximum absolute atomic E-state index is 11.5. The van der Waals surface area contributed by atoms with Crippen LogP contribution in [0.1, 0.15) is 44.0 Å². The van der Waals surface area contributed by atoms with E-state index in [1.807, 2.05) is 0 Å². The van der Waals surface area contributed by atoms with Gasteiger partial charge in [-0.05, 0) is 25.7 Å². The molecule has 5 nitrogen and oxygen atoms in total. The van der Waals surface area contributed by atoms with Crippen LogP contribution in [0.2, 0.25) is 0 Å². The summed E-state index contributed by atoms with van der Waals surface area (Å²) in [6, 6.07) is 0.503. The van der Waals surface area contributed by atoms with Crippen molar-refractivity contribution >= 4 is 11.9 Å². The zero-order valence-corrected chi connectivity index (χ0v) is 11.8. The summed E-state index contributed by atoms with van der Waals surface area (Å²) in [7, 11) is 0. The van der Waals surface area contributed by atoms with Crippen LogP contribution in [0.25, 0.3) is 0 Å². The van der Waals surface area contributed by atoms with E-state index in [1.165, 1.54) is 6.42 Å². The summed E-state index contributed by atoms with van der Waals surface area (Å²) in [6.07, 6.45) is 5.37. The average Bonchev–Trinajstić information content (AvgIpc) is 2.80. The molecule has 1 aliphatic rings. The number of nitrogens with zero attached hydrogens (tertiary/aromatic N) is 3. The summed E-state index contributed by atoms with van der Waals surface area (Å²) in [6.45, 7) is 7.56. The minimum atomic E-state index is -0.365. The van der Waals surface area contributed by atoms with Crippen LogP contribution >= 0.6 is 0 Å². The number of carbonyl (C=O) groups excluding carboxylic acids is 1. The topological polar surface area (TPSA) is 55.3 Å². The molecule has 1 aromatic rings. The SMILES string of the molecule is CCOC(=O)c1cnc(N2C[C@@H](C)C[C@H]2CC)nc1. The third kappa shape index (κ3) is 3.03. The number of aromatic nitrogens is 2. The fraction of sp³-hybridized carbons (Fsp3) is 0.643. The Balaban J connectivity index is 2.12. The van der Waals surface area contributed by atoms with Crippen molar-refractivity contribution < 1.29 is 9.53 Å². The quantitative estimate of drug-likeness (QED) is 0.780. The van der Waals surface area contributed by atoms with E-state index in [2.05, 4.69) is 28.7 Å². The number of hydrogen-bond acceptors (Lipinski definition) is 5. The van der Waals surface area contributed by atoms with Crippen molar-refractivity contribution in [2.24, 2.45) is 5.92 Å². The maximum atomic E-state index is 11.5. The summed E-state index contributed by atoms with van der Waals surface area (Å²) in [5.74, 6) is 1.01. The highest BCUT2D eigenvalue weighted by atomic mass is 16.5. The molecule has 2 atom stereocenters. The number of hydrogen-bond donors (Lipinski definition) is 0. The Morgan fingerprint density at radius 1 is 1.42 bits per heavy atom. The normalized spacial score (nSPS) is 22.6. The predicted octanol–water partition coefficient (Wildman–Crippen LogP) is 2.28. The van der Waals surface area contributed by atoms with Gasteiger partial charge in [-0.3, -0.25) is 0 Å². The Kier molecular flexibility index (Phi) is 4.35. The number of esters is 1. The standard InChI is InChI=1S/C14H21N3O2/c1-4-12-6-10(3)9-17(12)14-15-7-11(8-16-14)13(18)19-5-2/h7-8,10,12H,4-6,9H2,1-3H3/t10-,12+/m0/s1. The number of carbonyl (C=O) groups is 1. The van der Waals surface area contributed by atoms with Crippen molar-refractivity contribution in [1.82, 2.24) is 9.97 Å². The summed E-state index contributed by atoms with van der Waals surface area (Å²) in [4.78, 5) is 22.4. The number of anilines is 1. The van der Waals surface area contributed by atoms with E-state index in [1.54, 1.807) is 19.3 Å². The van der Waals surface area contributed by atoms with Crippen molar-refractivity contribution in [3.05, 3.63) is 18.0 Å². The van der Waals surface area contributed by atoms with Crippen LogP contribution in [0.3, 0.4) is 0 Å². The molecular formula is C14H21N3O2. The van der Waals surface area contributed by atoms with Gasteiger partial charge in [-0.1, -0.05) is 13.8 Å². The van der Waals surface area contributed by atoms with Crippen LogP contribution in [0, 0.1) is 5.92 Å². The number of ether oxygens (including phenoxy) is 1. The highest BCUT2D eigenvalue weighted by molar-refractivity contribution is 5.88. The molecule has 19 heavy (non-hydrogen) atoms. The van der Waals surface area contributed by atoms with Gasteiger partial charge in [0.1, 0.15) is 0 Å². The van der Waals surface area contributed by atoms with Gasteiger partial charge in [0.25, 0.3) is 0 Å². The van der Waals surface area contributed by atoms with E-state index in [4.69, 9.17) is 4.74 Å². The first-order valence-corrected chi connectivity index (χ1v) is 6.91. The Morgan fingerprint density at radius 3 is 2.68 bits per heavy atom. The van der Waals surface area contributed by atoms with Gasteiger partial charge in [-0.25, -0.2) is 14.8 Å². The Labute approximate surface area is 114 Å². The highest BCUT2D eigenvalue weighted by Gasteiger charge is 2.30. The van der Waals surface area contributed by atoms with E-state index in [0.29, 0.717) is 30.1 Å². The van der Waals surface area contributed by atoms with Gasteiger partial charge in [-0.15, -0.1) is 0 Å². The molecule has 0 N–H and O–H groups in total. The van der Waals surface area contributed by atoms with E-state index in [0.717, 1.165) is 13.0 Å². The largest absolute Gasteiger partial charge is 0.462 e. The van der Waals surface area contributed by atoms with Crippen molar-refractivity contribution in [2.45, 2.75) is 39.7 Å². The van der Waals surface area contributed by atoms with E-state index < -0.39 is 0 Å². The fourth-order valence-electron chi connectivity index (χ4n) is 2.57. The maximum Gasteiger partial charge on any atom is 0.341 e. The molecule has 1 saturated heterocycles. The second kappa shape index (κ2) is 5.99. The van der Waals surface area contributed by atoms with Gasteiger partial charge in [0.15, 0.2) is 0 Å². The van der Waals surface area contributed by atoms with E-state index in [9.17, 15) is 4.79 Å². The molecule has 0 saturated carbocycles. The first-order chi connectivity index (χ1) is 9.15. The van der Waals surface area contributed by atoms with Gasteiger partial charge < -0.3 is 9.64 Å². The third-order valence-corrected chi connectivity index (χ3v) is 3.50. The number of rotatable bonds is 4. The van der Waals surface area contributed by atoms with Crippen LogP contribution in [-0.4, -0.2) is 35.1 Å². The molecule has 1 aliphatic heterocycles. The second-order valence-electron chi connectivity index (χ2n) is 5.05. The van der Waals surface area contributed by atoms with Gasteiger partial charge in [0, 0.05) is 25.0 Å². The Bertz CT molecular complexity index is 433. The van der Waals surface area contributed by atoms with E-state index in [-0.39, 0.29) is 5.97 Å². The molecule has 0 amide bonds. The van der Waals surface area contributed by atoms with Crippen LogP contribution in [-0.2, 0) is 4.74 Å². The smallest absolute Gasteiger partial charge is 0.341 e. The molecule has 0 unspecified atom stereocenters. The zero-order chi connectivity index (χ0) is 13.8. The molecule has 0 bridgehead atoms. The molecule has 1 aromatic heterocycles. The second-order valence-corrected chi connectivity index (χ2v) is 5.05. The molecule has 0 aromatic carbocycles. The molecule has 2 heterocycles. The molecular weight excluding hydrogens is 242 g/mol. The van der Waals surface area contributed by atoms with Crippen LogP contribution < -0.4 is 4.90 Å². The summed E-state index contributed by atoms with van der Waals surface area (Å²) < 4.78 is 4.92. The molecule has 0 spiro atoms. The summed E-state index contributed by atoms with van der Waals surface area (Å²) in [5, 5.41) is 0. The molecule has 0 aliphatic carbocycles. The summed E-state index contributed by atoms with van der Waals surface area (Å²) >= 11 is 0. The Hall–Kier alpha value is -1.65.